The molecule has 0 spiro atoms. The summed E-state index contributed by atoms with van der Waals surface area (Å²) in [6.07, 6.45) is 5.81. The first-order chi connectivity index (χ1) is 30.0. The van der Waals surface area contributed by atoms with Crippen LogP contribution < -0.4 is 36.6 Å². The number of aryl methyl sites for hydroxylation is 3. The zero-order valence-electron chi connectivity index (χ0n) is 35.2. The van der Waals surface area contributed by atoms with Gasteiger partial charge in [0.2, 0.25) is 0 Å². The van der Waals surface area contributed by atoms with E-state index in [1.54, 1.807) is 0 Å². The van der Waals surface area contributed by atoms with Crippen molar-refractivity contribution in [2.24, 2.45) is 0 Å². The smallest absolute Gasteiger partial charge is 0.308 e. The molecular weight excluding hydrogens is 779 g/mol. The van der Waals surface area contributed by atoms with E-state index in [2.05, 4.69) is 219 Å². The van der Waals surface area contributed by atoms with Gasteiger partial charge >= 0.3 is 5.97 Å². The van der Waals surface area contributed by atoms with Crippen molar-refractivity contribution < 1.29 is 9.53 Å². The SMILES string of the molecule is CC(=O)Oc1ccc(-c2cc(CCC[P+](c3ccccc3)(c3ccccc3)c3ccccc3)ccc2C)cc1CCC[P+](c1ccccc1)(c1ccccc1)c1ccccc1. The van der Waals surface area contributed by atoms with Crippen LogP contribution in [0.4, 0.5) is 0 Å². The molecule has 8 rings (SSSR count). The van der Waals surface area contributed by atoms with Crippen LogP contribution in [0.3, 0.4) is 0 Å². The minimum atomic E-state index is -2.01. The maximum absolute atomic E-state index is 12.4. The first kappa shape index (κ1) is 41.8. The van der Waals surface area contributed by atoms with Crippen molar-refractivity contribution in [3.8, 4) is 16.9 Å². The maximum atomic E-state index is 12.4. The lowest BCUT2D eigenvalue weighted by Crippen LogP contribution is -2.33. The molecule has 0 aliphatic carbocycles. The molecule has 4 heteroatoms. The van der Waals surface area contributed by atoms with Crippen molar-refractivity contribution in [2.75, 3.05) is 12.3 Å². The van der Waals surface area contributed by atoms with Gasteiger partial charge in [0.15, 0.2) is 0 Å². The lowest BCUT2D eigenvalue weighted by Gasteiger charge is -2.28. The van der Waals surface area contributed by atoms with E-state index in [1.165, 1.54) is 55.4 Å². The van der Waals surface area contributed by atoms with Crippen LogP contribution in [0.1, 0.15) is 36.5 Å². The third-order valence-corrected chi connectivity index (χ3v) is 21.1. The Morgan fingerprint density at radius 2 is 0.820 bits per heavy atom. The minimum Gasteiger partial charge on any atom is -0.426 e. The number of carbonyl (C=O) groups is 1. The van der Waals surface area contributed by atoms with Gasteiger partial charge in [0, 0.05) is 6.92 Å². The molecule has 302 valence electrons. The summed E-state index contributed by atoms with van der Waals surface area (Å²) in [5.41, 5.74) is 6.01. The Morgan fingerprint density at radius 1 is 0.443 bits per heavy atom. The molecule has 0 atom stereocenters. The average Bonchev–Trinajstić information content (AvgIpc) is 3.32. The summed E-state index contributed by atoms with van der Waals surface area (Å²) in [5, 5.41) is 8.41. The van der Waals surface area contributed by atoms with E-state index in [4.69, 9.17) is 4.74 Å². The number of carbonyl (C=O) groups excluding carboxylic acids is 1. The van der Waals surface area contributed by atoms with Crippen molar-refractivity contribution >= 4 is 52.3 Å². The van der Waals surface area contributed by atoms with Crippen molar-refractivity contribution in [1.29, 1.82) is 0 Å². The highest BCUT2D eigenvalue weighted by atomic mass is 31.2. The fourth-order valence-corrected chi connectivity index (χ4v) is 17.8. The second kappa shape index (κ2) is 19.6. The zero-order valence-corrected chi connectivity index (χ0v) is 37.0. The van der Waals surface area contributed by atoms with Gasteiger partial charge in [-0.15, -0.1) is 0 Å². The van der Waals surface area contributed by atoms with Crippen LogP contribution in [0.5, 0.6) is 5.75 Å². The van der Waals surface area contributed by atoms with E-state index >= 15 is 0 Å². The first-order valence-corrected chi connectivity index (χ1v) is 25.4. The fourth-order valence-electron chi connectivity index (χ4n) is 9.12. The predicted molar refractivity (Wildman–Crippen MR) is 265 cm³/mol. The van der Waals surface area contributed by atoms with Gasteiger partial charge in [0.25, 0.3) is 0 Å². The van der Waals surface area contributed by atoms with Gasteiger partial charge < -0.3 is 4.74 Å². The molecule has 0 amide bonds. The van der Waals surface area contributed by atoms with E-state index in [0.717, 1.165) is 49.1 Å². The average molecular weight is 833 g/mol. The van der Waals surface area contributed by atoms with E-state index in [-0.39, 0.29) is 5.97 Å². The molecule has 8 aromatic carbocycles. The third kappa shape index (κ3) is 9.23. The molecule has 0 unspecified atom stereocenters. The largest absolute Gasteiger partial charge is 0.426 e. The van der Waals surface area contributed by atoms with E-state index < -0.39 is 14.5 Å². The molecule has 0 heterocycles. The number of rotatable bonds is 16. The standard InChI is InChI=1S/C57H54O2P2/c1-45-37-38-47(23-21-41-60(50-25-9-3-10-26-50,51-27-11-4-12-28-51)52-29-13-5-14-30-52)43-56(45)48-39-40-57(59-46(2)58)49(44-48)24-22-42-61(53-31-15-6-16-32-53,54-33-17-7-18-34-54)55-35-19-8-20-36-55/h3-20,25-40,43-44H,21-24,41-42H2,1-2H3/q+2. The van der Waals surface area contributed by atoms with Crippen molar-refractivity contribution in [3.63, 3.8) is 0 Å². The number of esters is 1. The molecule has 0 fully saturated rings. The fraction of sp³-hybridized carbons (Fsp3) is 0.140. The molecule has 61 heavy (non-hydrogen) atoms. The Balaban J connectivity index is 1.09. The van der Waals surface area contributed by atoms with Gasteiger partial charge in [0.1, 0.15) is 52.1 Å². The van der Waals surface area contributed by atoms with Crippen LogP contribution >= 0.6 is 14.5 Å². The molecule has 2 nitrogen and oxygen atoms in total. The molecular formula is C57H54O2P2+2. The lowest BCUT2D eigenvalue weighted by atomic mass is 9.94. The summed E-state index contributed by atoms with van der Waals surface area (Å²) in [4.78, 5) is 12.4. The molecule has 0 N–H and O–H groups in total. The Labute approximate surface area is 364 Å². The quantitative estimate of drug-likeness (QED) is 0.0551. The molecule has 0 radical (unpaired) electrons. The molecule has 0 aliphatic rings. The normalized spacial score (nSPS) is 11.6. The van der Waals surface area contributed by atoms with Crippen LogP contribution in [0.15, 0.2) is 218 Å². The van der Waals surface area contributed by atoms with E-state index in [1.807, 2.05) is 6.07 Å². The predicted octanol–water partition coefficient (Wildman–Crippen LogP) is 11.4. The molecule has 0 aliphatic heterocycles. The highest BCUT2D eigenvalue weighted by Crippen LogP contribution is 2.57. The van der Waals surface area contributed by atoms with Gasteiger partial charge in [0.05, 0.1) is 12.3 Å². The number of ether oxygens (including phenoxy) is 1. The summed E-state index contributed by atoms with van der Waals surface area (Å²) in [6, 6.07) is 80.1. The van der Waals surface area contributed by atoms with Gasteiger partial charge in [-0.1, -0.05) is 133 Å². The molecule has 0 saturated heterocycles. The number of hydrogen-bond donors (Lipinski definition) is 0. The highest BCUT2D eigenvalue weighted by molar-refractivity contribution is 7.96. The summed E-state index contributed by atoms with van der Waals surface area (Å²) in [5.74, 6) is 0.350. The Kier molecular flexibility index (Phi) is 13.5. The summed E-state index contributed by atoms with van der Waals surface area (Å²) < 4.78 is 5.89. The molecule has 0 bridgehead atoms. The Hall–Kier alpha value is -5.91. The molecule has 8 aromatic rings. The monoisotopic (exact) mass is 832 g/mol. The zero-order chi connectivity index (χ0) is 41.9. The lowest BCUT2D eigenvalue weighted by molar-refractivity contribution is -0.131. The second-order valence-corrected chi connectivity index (χ2v) is 23.1. The van der Waals surface area contributed by atoms with Crippen LogP contribution in [-0.4, -0.2) is 18.3 Å². The maximum Gasteiger partial charge on any atom is 0.308 e. The van der Waals surface area contributed by atoms with Crippen molar-refractivity contribution in [1.82, 2.24) is 0 Å². The minimum absolute atomic E-state index is 0.299. The number of benzene rings is 8. The molecule has 0 aromatic heterocycles. The highest BCUT2D eigenvalue weighted by Gasteiger charge is 2.45. The Morgan fingerprint density at radius 3 is 1.20 bits per heavy atom. The summed E-state index contributed by atoms with van der Waals surface area (Å²) in [6.45, 7) is 3.69. The van der Waals surface area contributed by atoms with Crippen LogP contribution in [0, 0.1) is 6.92 Å². The molecule has 0 saturated carbocycles. The second-order valence-electron chi connectivity index (χ2n) is 15.9. The van der Waals surface area contributed by atoms with Gasteiger partial charge in [-0.3, -0.25) is 4.79 Å². The third-order valence-electron chi connectivity index (χ3n) is 12.0. The van der Waals surface area contributed by atoms with Crippen LogP contribution in [-0.2, 0) is 17.6 Å². The van der Waals surface area contributed by atoms with Crippen molar-refractivity contribution in [3.05, 3.63) is 235 Å². The van der Waals surface area contributed by atoms with Gasteiger partial charge in [-0.25, -0.2) is 0 Å². The van der Waals surface area contributed by atoms with E-state index in [0.29, 0.717) is 5.75 Å². The summed E-state index contributed by atoms with van der Waals surface area (Å²) >= 11 is 0. The topological polar surface area (TPSA) is 26.3 Å². The first-order valence-electron chi connectivity index (χ1n) is 21.5. The van der Waals surface area contributed by atoms with E-state index in [9.17, 15) is 4.79 Å². The van der Waals surface area contributed by atoms with Crippen LogP contribution in [0.2, 0.25) is 0 Å². The van der Waals surface area contributed by atoms with Gasteiger partial charge in [-0.2, -0.15) is 0 Å². The number of hydrogen-bond acceptors (Lipinski definition) is 2. The van der Waals surface area contributed by atoms with Gasteiger partial charge in [-0.05, 0) is 145 Å². The summed E-state index contributed by atoms with van der Waals surface area (Å²) in [7, 11) is -3.92. The van der Waals surface area contributed by atoms with Crippen LogP contribution in [0.25, 0.3) is 11.1 Å². The Bertz CT molecular complexity index is 2440. The van der Waals surface area contributed by atoms with Crippen molar-refractivity contribution in [2.45, 2.75) is 39.5 Å².